The third-order valence-electron chi connectivity index (χ3n) is 11.3. The number of carbonyl (C=O) groups excluding carboxylic acids is 3. The number of esters is 2. The SMILES string of the molecule is CCC(C)(C)C(=O)O[C@@H]1C[C@H](C)C=C2C=C[C@@H](C)[C@@H](CC[C@H](O)C[C@H](O)CC(=O)OCC(=O)c3ccc4ccc5cccc6ccc3c4c56)[C@@H]21. The number of carbonyl (C=O) groups is 3. The van der Waals surface area contributed by atoms with Crippen molar-refractivity contribution in [3.8, 4) is 0 Å². The van der Waals surface area contributed by atoms with Crippen LogP contribution in [0.5, 0.6) is 0 Å². The molecule has 0 spiro atoms. The zero-order valence-corrected chi connectivity index (χ0v) is 29.9. The van der Waals surface area contributed by atoms with Gasteiger partial charge < -0.3 is 19.7 Å². The summed E-state index contributed by atoms with van der Waals surface area (Å²) in [5.74, 6) is -0.457. The molecule has 2 N–H and O–H groups in total. The fourth-order valence-electron chi connectivity index (χ4n) is 8.02. The molecule has 0 saturated carbocycles. The van der Waals surface area contributed by atoms with Crippen LogP contribution in [0.3, 0.4) is 0 Å². The molecule has 0 radical (unpaired) electrons. The Morgan fingerprint density at radius 3 is 2.32 bits per heavy atom. The van der Waals surface area contributed by atoms with Gasteiger partial charge in [0.15, 0.2) is 6.61 Å². The first-order valence-corrected chi connectivity index (χ1v) is 18.2. The molecule has 4 aromatic rings. The van der Waals surface area contributed by atoms with Gasteiger partial charge in [0, 0.05) is 11.5 Å². The van der Waals surface area contributed by atoms with Gasteiger partial charge in [-0.1, -0.05) is 93.6 Å². The molecule has 2 aliphatic carbocycles. The van der Waals surface area contributed by atoms with Crippen LogP contribution in [0.2, 0.25) is 0 Å². The van der Waals surface area contributed by atoms with Gasteiger partial charge in [0.25, 0.3) is 0 Å². The molecule has 0 amide bonds. The summed E-state index contributed by atoms with van der Waals surface area (Å²) in [6.45, 7) is 9.71. The van der Waals surface area contributed by atoms with Gasteiger partial charge in [0.05, 0.1) is 24.0 Å². The van der Waals surface area contributed by atoms with Gasteiger partial charge in [-0.25, -0.2) is 0 Å². The topological polar surface area (TPSA) is 110 Å². The quantitative estimate of drug-likeness (QED) is 0.0831. The van der Waals surface area contributed by atoms with Crippen molar-refractivity contribution in [3.05, 3.63) is 84.0 Å². The second kappa shape index (κ2) is 14.7. The molecule has 7 heteroatoms. The van der Waals surface area contributed by atoms with Crippen molar-refractivity contribution < 1.29 is 34.1 Å². The minimum atomic E-state index is -1.11. The summed E-state index contributed by atoms with van der Waals surface area (Å²) >= 11 is 0. The summed E-state index contributed by atoms with van der Waals surface area (Å²) in [5, 5.41) is 27.8. The molecule has 0 fully saturated rings. The molecule has 0 unspecified atom stereocenters. The Hall–Kier alpha value is -4.07. The number of allylic oxidation sites excluding steroid dienone is 3. The lowest BCUT2D eigenvalue weighted by Crippen LogP contribution is -2.43. The third-order valence-corrected chi connectivity index (χ3v) is 11.3. The summed E-state index contributed by atoms with van der Waals surface area (Å²) in [4.78, 5) is 39.1. The van der Waals surface area contributed by atoms with E-state index in [1.165, 1.54) is 5.57 Å². The van der Waals surface area contributed by atoms with Crippen molar-refractivity contribution in [2.45, 2.75) is 91.5 Å². The monoisotopic (exact) mass is 678 g/mol. The van der Waals surface area contributed by atoms with Gasteiger partial charge in [-0.3, -0.25) is 14.4 Å². The summed E-state index contributed by atoms with van der Waals surface area (Å²) in [7, 11) is 0. The predicted octanol–water partition coefficient (Wildman–Crippen LogP) is 8.34. The fourth-order valence-corrected chi connectivity index (χ4v) is 8.02. The van der Waals surface area contributed by atoms with Crippen LogP contribution in [0, 0.1) is 29.1 Å². The number of hydrogen-bond donors (Lipinski definition) is 2. The van der Waals surface area contributed by atoms with E-state index in [0.29, 0.717) is 30.7 Å². The van der Waals surface area contributed by atoms with Crippen LogP contribution in [-0.4, -0.2) is 52.9 Å². The Morgan fingerprint density at radius 2 is 1.60 bits per heavy atom. The van der Waals surface area contributed by atoms with E-state index in [0.717, 1.165) is 38.7 Å². The summed E-state index contributed by atoms with van der Waals surface area (Å²) in [6, 6.07) is 17.9. The Bertz CT molecular complexity index is 1920. The highest BCUT2D eigenvalue weighted by molar-refractivity contribution is 6.26. The number of rotatable bonds is 13. The Kier molecular flexibility index (Phi) is 10.5. The largest absolute Gasteiger partial charge is 0.461 e. The molecule has 6 rings (SSSR count). The molecule has 7 nitrogen and oxygen atoms in total. The number of aliphatic hydroxyl groups excluding tert-OH is 2. The van der Waals surface area contributed by atoms with Gasteiger partial charge in [-0.15, -0.1) is 0 Å². The molecule has 0 saturated heterocycles. The van der Waals surface area contributed by atoms with Crippen LogP contribution in [0.1, 0.15) is 83.5 Å². The van der Waals surface area contributed by atoms with Crippen molar-refractivity contribution in [1.29, 1.82) is 0 Å². The van der Waals surface area contributed by atoms with E-state index in [4.69, 9.17) is 9.47 Å². The second-order valence-electron chi connectivity index (χ2n) is 15.3. The molecule has 0 heterocycles. The van der Waals surface area contributed by atoms with Crippen molar-refractivity contribution in [3.63, 3.8) is 0 Å². The number of ketones is 1. The van der Waals surface area contributed by atoms with Gasteiger partial charge in [0.1, 0.15) is 6.10 Å². The number of ether oxygens (including phenoxy) is 2. The van der Waals surface area contributed by atoms with Crippen molar-refractivity contribution in [2.75, 3.05) is 6.61 Å². The second-order valence-corrected chi connectivity index (χ2v) is 15.3. The maximum absolute atomic E-state index is 13.3. The number of benzene rings is 4. The summed E-state index contributed by atoms with van der Waals surface area (Å²) in [6.07, 6.45) is 6.73. The van der Waals surface area contributed by atoms with Gasteiger partial charge in [-0.05, 0) is 102 Å². The number of fused-ring (bicyclic) bond motifs is 1. The van der Waals surface area contributed by atoms with Gasteiger partial charge >= 0.3 is 11.9 Å². The first-order valence-electron chi connectivity index (χ1n) is 18.2. The van der Waals surface area contributed by atoms with Crippen LogP contribution < -0.4 is 0 Å². The van der Waals surface area contributed by atoms with E-state index >= 15 is 0 Å². The maximum Gasteiger partial charge on any atom is 0.311 e. The lowest BCUT2D eigenvalue weighted by Gasteiger charge is -2.44. The van der Waals surface area contributed by atoms with Crippen LogP contribution in [0.4, 0.5) is 0 Å². The van der Waals surface area contributed by atoms with Crippen molar-refractivity contribution in [2.24, 2.45) is 29.1 Å². The Morgan fingerprint density at radius 1 is 0.920 bits per heavy atom. The molecule has 0 bridgehead atoms. The smallest absolute Gasteiger partial charge is 0.311 e. The van der Waals surface area contributed by atoms with Crippen LogP contribution in [0.25, 0.3) is 32.3 Å². The molecule has 2 aliphatic rings. The van der Waals surface area contributed by atoms with E-state index in [1.54, 1.807) is 6.07 Å². The maximum atomic E-state index is 13.3. The number of Topliss-reactive ketones (excluding diaryl/α,β-unsaturated/α-hetero) is 1. The highest BCUT2D eigenvalue weighted by Crippen LogP contribution is 2.45. The molecule has 0 aromatic heterocycles. The molecule has 50 heavy (non-hydrogen) atoms. The van der Waals surface area contributed by atoms with Gasteiger partial charge in [-0.2, -0.15) is 0 Å². The van der Waals surface area contributed by atoms with Crippen LogP contribution >= 0.6 is 0 Å². The molecule has 0 aliphatic heterocycles. The lowest BCUT2D eigenvalue weighted by molar-refractivity contribution is -0.164. The number of hydrogen-bond acceptors (Lipinski definition) is 7. The number of aliphatic hydroxyl groups is 2. The van der Waals surface area contributed by atoms with E-state index in [1.807, 2.05) is 51.1 Å². The normalized spacial score (nSPS) is 23.4. The van der Waals surface area contributed by atoms with Crippen molar-refractivity contribution in [1.82, 2.24) is 0 Å². The first-order chi connectivity index (χ1) is 23.9. The zero-order valence-electron chi connectivity index (χ0n) is 29.9. The van der Waals surface area contributed by atoms with Crippen LogP contribution in [-0.2, 0) is 19.1 Å². The molecular formula is C43H50O7. The summed E-state index contributed by atoms with van der Waals surface area (Å²) in [5.41, 5.74) is 1.12. The van der Waals surface area contributed by atoms with Gasteiger partial charge in [0.2, 0.25) is 5.78 Å². The first kappa shape index (κ1) is 35.7. The molecule has 264 valence electrons. The lowest BCUT2D eigenvalue weighted by atomic mass is 9.65. The van der Waals surface area contributed by atoms with E-state index in [2.05, 4.69) is 50.3 Å². The Balaban J connectivity index is 1.03. The van der Waals surface area contributed by atoms with E-state index in [9.17, 15) is 24.6 Å². The van der Waals surface area contributed by atoms with Crippen molar-refractivity contribution >= 4 is 50.0 Å². The Labute approximate surface area is 294 Å². The average molecular weight is 679 g/mol. The minimum Gasteiger partial charge on any atom is -0.461 e. The third kappa shape index (κ3) is 7.35. The van der Waals surface area contributed by atoms with E-state index < -0.39 is 30.2 Å². The minimum absolute atomic E-state index is 0.0164. The highest BCUT2D eigenvalue weighted by Gasteiger charge is 2.43. The zero-order chi connectivity index (χ0) is 35.7. The average Bonchev–Trinajstić information content (AvgIpc) is 3.09. The van der Waals surface area contributed by atoms with Crippen LogP contribution in [0.15, 0.2) is 78.4 Å². The summed E-state index contributed by atoms with van der Waals surface area (Å²) < 4.78 is 11.5. The molecule has 4 aromatic carbocycles. The molecular weight excluding hydrogens is 628 g/mol. The highest BCUT2D eigenvalue weighted by atomic mass is 16.5. The fraction of sp³-hybridized carbons (Fsp3) is 0.465. The standard InChI is InChI=1S/C43H50O7/c1-6-43(4,5)42(48)50-37-21-25(2)20-30-11-10-26(3)33(40(30)37)19-16-31(44)22-32(45)23-38(47)49-24-36(46)34-17-14-29-13-12-27-8-7-9-28-15-18-35(34)41(29)39(27)28/h7-15,17-18,20,25-26,31-33,37,40,44-45H,6,16,19,21-24H2,1-5H3/t25-,26-,31+,32+,33-,37-,40-/m1/s1. The molecule has 7 atom stereocenters. The predicted molar refractivity (Wildman–Crippen MR) is 197 cm³/mol. The van der Waals surface area contributed by atoms with E-state index in [-0.39, 0.29) is 48.5 Å².